The average molecular weight is 348 g/mol. The summed E-state index contributed by atoms with van der Waals surface area (Å²) in [6.07, 6.45) is 8.54. The number of carbonyl (C=O) groups is 1. The van der Waals surface area contributed by atoms with Gasteiger partial charge < -0.3 is 9.80 Å². The van der Waals surface area contributed by atoms with Crippen molar-refractivity contribution in [3.8, 4) is 0 Å². The molecule has 0 saturated carbocycles. The van der Waals surface area contributed by atoms with Gasteiger partial charge in [0.1, 0.15) is 12.5 Å². The third-order valence-corrected chi connectivity index (χ3v) is 5.81. The topological polar surface area (TPSA) is 91.2 Å². The molecular formula is C16H28N8O. The third kappa shape index (κ3) is 3.68. The molecule has 3 unspecified atom stereocenters. The third-order valence-electron chi connectivity index (χ3n) is 5.81. The van der Waals surface area contributed by atoms with Crippen LogP contribution in [0, 0.1) is 5.92 Å². The van der Waals surface area contributed by atoms with E-state index in [0.29, 0.717) is 12.6 Å². The highest BCUT2D eigenvalue weighted by Crippen LogP contribution is 2.27. The van der Waals surface area contributed by atoms with E-state index in [1.807, 2.05) is 0 Å². The van der Waals surface area contributed by atoms with Gasteiger partial charge in [0.25, 0.3) is 0 Å². The lowest BCUT2D eigenvalue weighted by molar-refractivity contribution is -0.140. The van der Waals surface area contributed by atoms with Crippen LogP contribution in [0.3, 0.4) is 0 Å². The molecule has 0 bridgehead atoms. The van der Waals surface area contributed by atoms with Crippen LogP contribution >= 0.6 is 0 Å². The van der Waals surface area contributed by atoms with E-state index in [0.717, 1.165) is 32.4 Å². The number of hydrogen-bond donors (Lipinski definition) is 2. The number of rotatable bonds is 5. The number of carbonyl (C=O) groups excluding carboxylic acids is 1. The van der Waals surface area contributed by atoms with Gasteiger partial charge in [-0.25, -0.2) is 10.1 Å². The summed E-state index contributed by atoms with van der Waals surface area (Å²) in [4.78, 5) is 17.9. The molecule has 0 aliphatic carbocycles. The predicted molar refractivity (Wildman–Crippen MR) is 91.1 cm³/mol. The fraction of sp³-hybridized carbons (Fsp3) is 0.875. The highest BCUT2D eigenvalue weighted by Gasteiger charge is 2.40. The zero-order chi connectivity index (χ0) is 17.1. The quantitative estimate of drug-likeness (QED) is 0.759. The number of nitrogens with one attached hydrogen (secondary N) is 2. The molecule has 9 heteroatoms. The lowest BCUT2D eigenvalue weighted by Gasteiger charge is -2.38. The van der Waals surface area contributed by atoms with Gasteiger partial charge in [0.05, 0.1) is 5.92 Å². The monoisotopic (exact) mass is 348 g/mol. The second-order valence-electron chi connectivity index (χ2n) is 7.39. The van der Waals surface area contributed by atoms with Crippen molar-refractivity contribution in [3.63, 3.8) is 0 Å². The van der Waals surface area contributed by atoms with Crippen LogP contribution in [0.2, 0.25) is 0 Å². The summed E-state index contributed by atoms with van der Waals surface area (Å²) in [5.74, 6) is 0.0556. The molecule has 1 amide bonds. The number of aromatic nitrogens is 4. The van der Waals surface area contributed by atoms with Gasteiger partial charge in [-0.1, -0.05) is 0 Å². The lowest BCUT2D eigenvalue weighted by Crippen LogP contribution is -2.49. The first-order valence-corrected chi connectivity index (χ1v) is 9.56. The first-order chi connectivity index (χ1) is 12.3. The molecule has 138 valence electrons. The average Bonchev–Trinajstić information content (AvgIpc) is 3.41. The summed E-state index contributed by atoms with van der Waals surface area (Å²) in [7, 11) is 0. The van der Waals surface area contributed by atoms with Gasteiger partial charge in [0.2, 0.25) is 5.91 Å². The van der Waals surface area contributed by atoms with E-state index in [1.54, 1.807) is 11.0 Å². The van der Waals surface area contributed by atoms with Gasteiger partial charge in [-0.05, 0) is 62.0 Å². The van der Waals surface area contributed by atoms with Gasteiger partial charge in [-0.15, -0.1) is 5.10 Å². The Bertz CT molecular complexity index is 558. The Morgan fingerprint density at radius 1 is 1.16 bits per heavy atom. The molecule has 3 saturated heterocycles. The normalized spacial score (nSPS) is 30.9. The van der Waals surface area contributed by atoms with E-state index in [1.165, 1.54) is 32.4 Å². The number of hydrazine groups is 1. The van der Waals surface area contributed by atoms with E-state index >= 15 is 0 Å². The summed E-state index contributed by atoms with van der Waals surface area (Å²) in [5.41, 5.74) is 6.24. The minimum atomic E-state index is -0.219. The lowest BCUT2D eigenvalue weighted by atomic mass is 9.96. The smallest absolute Gasteiger partial charge is 0.230 e. The zero-order valence-electron chi connectivity index (χ0n) is 14.7. The van der Waals surface area contributed by atoms with Crippen molar-refractivity contribution in [3.05, 3.63) is 6.33 Å². The fourth-order valence-electron chi connectivity index (χ4n) is 4.40. The molecule has 0 aromatic carbocycles. The van der Waals surface area contributed by atoms with Gasteiger partial charge in [0.15, 0.2) is 0 Å². The van der Waals surface area contributed by atoms with Crippen LogP contribution in [-0.4, -0.2) is 74.7 Å². The van der Waals surface area contributed by atoms with Crippen LogP contribution in [0.15, 0.2) is 6.33 Å². The van der Waals surface area contributed by atoms with Crippen LogP contribution in [0.1, 0.15) is 44.7 Å². The second-order valence-corrected chi connectivity index (χ2v) is 7.39. The number of likely N-dealkylation sites (tertiary alicyclic amines) is 2. The summed E-state index contributed by atoms with van der Waals surface area (Å²) in [6, 6.07) is 0.372. The Kier molecular flexibility index (Phi) is 5.23. The van der Waals surface area contributed by atoms with E-state index in [2.05, 4.69) is 36.2 Å². The fourth-order valence-corrected chi connectivity index (χ4v) is 4.40. The Balaban J connectivity index is 1.41. The van der Waals surface area contributed by atoms with Crippen LogP contribution < -0.4 is 10.9 Å². The van der Waals surface area contributed by atoms with E-state index in [4.69, 9.17) is 0 Å². The number of hydrogen-bond acceptors (Lipinski definition) is 7. The standard InChI is InChI=1S/C16H28N8O/c25-16(14-11-17-19-15(14)24-12-18-20-21-24)23-9-2-1-5-13(23)6-10-22-7-3-4-8-22/h12-15,17,19H,1-11H2. The van der Waals surface area contributed by atoms with Crippen LogP contribution in [0.5, 0.6) is 0 Å². The maximum atomic E-state index is 13.3. The number of tetrazole rings is 1. The molecule has 3 atom stereocenters. The first kappa shape index (κ1) is 16.9. The maximum Gasteiger partial charge on any atom is 0.230 e. The molecule has 4 heterocycles. The first-order valence-electron chi connectivity index (χ1n) is 9.56. The summed E-state index contributed by atoms with van der Waals surface area (Å²) < 4.78 is 1.63. The van der Waals surface area contributed by atoms with Crippen LogP contribution in [-0.2, 0) is 4.79 Å². The highest BCUT2D eigenvalue weighted by molar-refractivity contribution is 5.80. The number of nitrogens with zero attached hydrogens (tertiary/aromatic N) is 6. The van der Waals surface area contributed by atoms with Gasteiger partial charge in [-0.3, -0.25) is 10.2 Å². The van der Waals surface area contributed by atoms with Crippen molar-refractivity contribution >= 4 is 5.91 Å². The van der Waals surface area contributed by atoms with Gasteiger partial charge in [-0.2, -0.15) is 0 Å². The zero-order valence-corrected chi connectivity index (χ0v) is 14.7. The van der Waals surface area contributed by atoms with Gasteiger partial charge >= 0.3 is 0 Å². The Labute approximate surface area is 148 Å². The van der Waals surface area contributed by atoms with E-state index in [-0.39, 0.29) is 18.0 Å². The largest absolute Gasteiger partial charge is 0.339 e. The molecule has 0 radical (unpaired) electrons. The molecule has 0 spiro atoms. The van der Waals surface area contributed by atoms with Crippen molar-refractivity contribution in [2.45, 2.75) is 50.7 Å². The molecule has 3 fully saturated rings. The highest BCUT2D eigenvalue weighted by atomic mass is 16.2. The maximum absolute atomic E-state index is 13.3. The van der Waals surface area contributed by atoms with Crippen molar-refractivity contribution in [1.29, 1.82) is 0 Å². The van der Waals surface area contributed by atoms with Crippen molar-refractivity contribution in [1.82, 2.24) is 40.9 Å². The molecule has 1 aromatic rings. The minimum absolute atomic E-state index is 0.170. The number of amides is 1. The second kappa shape index (κ2) is 7.76. The Morgan fingerprint density at radius 2 is 2.00 bits per heavy atom. The Hall–Kier alpha value is -1.58. The van der Waals surface area contributed by atoms with E-state index < -0.39 is 0 Å². The summed E-state index contributed by atoms with van der Waals surface area (Å²) in [5, 5.41) is 11.4. The molecule has 9 nitrogen and oxygen atoms in total. The summed E-state index contributed by atoms with van der Waals surface area (Å²) in [6.45, 7) is 5.05. The summed E-state index contributed by atoms with van der Waals surface area (Å²) >= 11 is 0. The molecule has 4 rings (SSSR count). The minimum Gasteiger partial charge on any atom is -0.339 e. The predicted octanol–water partition coefficient (Wildman–Crippen LogP) is -0.237. The molecule has 25 heavy (non-hydrogen) atoms. The van der Waals surface area contributed by atoms with Crippen LogP contribution in [0.25, 0.3) is 0 Å². The van der Waals surface area contributed by atoms with E-state index in [9.17, 15) is 4.79 Å². The Morgan fingerprint density at radius 3 is 2.80 bits per heavy atom. The van der Waals surface area contributed by atoms with Crippen LogP contribution in [0.4, 0.5) is 0 Å². The molecular weight excluding hydrogens is 320 g/mol. The number of piperidine rings is 1. The SMILES string of the molecule is O=C(C1CNNC1n1cnnn1)N1CCCCC1CCN1CCCC1. The molecule has 2 N–H and O–H groups in total. The van der Waals surface area contributed by atoms with Crippen molar-refractivity contribution in [2.75, 3.05) is 32.7 Å². The molecule has 3 aliphatic heterocycles. The van der Waals surface area contributed by atoms with Crippen molar-refractivity contribution in [2.24, 2.45) is 5.92 Å². The molecule has 1 aromatic heterocycles. The van der Waals surface area contributed by atoms with Crippen molar-refractivity contribution < 1.29 is 4.79 Å². The van der Waals surface area contributed by atoms with Gasteiger partial charge in [0, 0.05) is 25.7 Å². The molecule has 3 aliphatic rings.